The molecule has 0 unspecified atom stereocenters. The van der Waals surface area contributed by atoms with Crippen molar-refractivity contribution in [2.24, 2.45) is 0 Å². The van der Waals surface area contributed by atoms with Crippen LogP contribution < -0.4 is 5.32 Å². The van der Waals surface area contributed by atoms with Crippen molar-refractivity contribution in [1.29, 1.82) is 0 Å². The van der Waals surface area contributed by atoms with Crippen molar-refractivity contribution in [1.82, 2.24) is 0 Å². The molecule has 2 aromatic carbocycles. The number of carboxylic acid groups (broad SMARTS) is 1. The van der Waals surface area contributed by atoms with E-state index < -0.39 is 11.9 Å². The van der Waals surface area contributed by atoms with Crippen LogP contribution >= 0.6 is 0 Å². The van der Waals surface area contributed by atoms with Crippen molar-refractivity contribution >= 4 is 17.6 Å². The molecule has 0 radical (unpaired) electrons. The Labute approximate surface area is 122 Å². The Kier molecular flexibility index (Phi) is 4.56. The molecule has 0 aliphatic rings. The highest BCUT2D eigenvalue weighted by atomic mass is 16.5. The van der Waals surface area contributed by atoms with Gasteiger partial charge in [0.2, 0.25) is 0 Å². The summed E-state index contributed by atoms with van der Waals surface area (Å²) in [4.78, 5) is 22.8. The van der Waals surface area contributed by atoms with Crippen LogP contribution in [-0.2, 0) is 11.3 Å². The van der Waals surface area contributed by atoms with Gasteiger partial charge < -0.3 is 15.2 Å². The van der Waals surface area contributed by atoms with Gasteiger partial charge in [-0.05, 0) is 23.8 Å². The van der Waals surface area contributed by atoms with Crippen molar-refractivity contribution < 1.29 is 19.4 Å². The molecular weight excluding hydrogens is 270 g/mol. The lowest BCUT2D eigenvalue weighted by Crippen LogP contribution is -2.10. The van der Waals surface area contributed by atoms with E-state index in [1.54, 1.807) is 48.5 Å². The summed E-state index contributed by atoms with van der Waals surface area (Å²) in [6.07, 6.45) is 0. The number of nitrogens with one attached hydrogen (secondary N) is 1. The molecule has 2 N–H and O–H groups in total. The minimum Gasteiger partial charge on any atom is -0.478 e. The predicted octanol–water partition coefficient (Wildman–Crippen LogP) is 2.78. The Balaban J connectivity index is 2.21. The third-order valence-corrected chi connectivity index (χ3v) is 3.05. The molecule has 0 saturated heterocycles. The molecule has 5 nitrogen and oxygen atoms in total. The van der Waals surface area contributed by atoms with Crippen LogP contribution in [0.3, 0.4) is 0 Å². The smallest absolute Gasteiger partial charge is 0.339 e. The van der Waals surface area contributed by atoms with Gasteiger partial charge in [-0.3, -0.25) is 0 Å². The topological polar surface area (TPSA) is 75.6 Å². The van der Waals surface area contributed by atoms with E-state index in [0.717, 1.165) is 0 Å². The van der Waals surface area contributed by atoms with E-state index >= 15 is 0 Å². The average molecular weight is 285 g/mol. The number of anilines is 1. The van der Waals surface area contributed by atoms with Crippen LogP contribution in [0, 0.1) is 0 Å². The molecule has 108 valence electrons. The third-order valence-electron chi connectivity index (χ3n) is 3.05. The van der Waals surface area contributed by atoms with Crippen LogP contribution in [0.5, 0.6) is 0 Å². The van der Waals surface area contributed by atoms with E-state index in [9.17, 15) is 9.59 Å². The zero-order valence-corrected chi connectivity index (χ0v) is 11.5. The molecule has 0 aliphatic heterocycles. The van der Waals surface area contributed by atoms with E-state index in [2.05, 4.69) is 5.32 Å². The van der Waals surface area contributed by atoms with E-state index in [1.165, 1.54) is 7.11 Å². The first-order valence-electron chi connectivity index (χ1n) is 6.36. The standard InChI is InChI=1S/C16H15NO4/c1-21-16(20)13-8-4-5-9-14(13)17-10-11-6-2-3-7-12(11)15(18)19/h2-9,17H,10H2,1H3,(H,18,19). The molecule has 0 bridgehead atoms. The second kappa shape index (κ2) is 6.56. The summed E-state index contributed by atoms with van der Waals surface area (Å²) in [5, 5.41) is 12.2. The Morgan fingerprint density at radius 3 is 2.33 bits per heavy atom. The molecule has 0 saturated carbocycles. The zero-order chi connectivity index (χ0) is 15.2. The minimum atomic E-state index is -0.978. The Morgan fingerprint density at radius 2 is 1.67 bits per heavy atom. The number of para-hydroxylation sites is 1. The number of carboxylic acids is 1. The molecule has 0 aromatic heterocycles. The minimum absolute atomic E-state index is 0.237. The number of esters is 1. The number of carbonyl (C=O) groups excluding carboxylic acids is 1. The summed E-state index contributed by atoms with van der Waals surface area (Å²) in [7, 11) is 1.32. The molecule has 0 aliphatic carbocycles. The summed E-state index contributed by atoms with van der Waals surface area (Å²) < 4.78 is 4.72. The maximum atomic E-state index is 11.7. The zero-order valence-electron chi connectivity index (χ0n) is 11.5. The Hall–Kier alpha value is -2.82. The molecule has 0 atom stereocenters. The highest BCUT2D eigenvalue weighted by Crippen LogP contribution is 2.18. The summed E-state index contributed by atoms with van der Waals surface area (Å²) >= 11 is 0. The van der Waals surface area contributed by atoms with Gasteiger partial charge in [0.25, 0.3) is 0 Å². The fourth-order valence-corrected chi connectivity index (χ4v) is 2.00. The van der Waals surface area contributed by atoms with Crippen LogP contribution in [0.2, 0.25) is 0 Å². The highest BCUT2D eigenvalue weighted by molar-refractivity contribution is 5.95. The quantitative estimate of drug-likeness (QED) is 0.826. The SMILES string of the molecule is COC(=O)c1ccccc1NCc1ccccc1C(=O)O. The number of hydrogen-bond donors (Lipinski definition) is 2. The van der Waals surface area contributed by atoms with Crippen LogP contribution in [0.1, 0.15) is 26.3 Å². The number of hydrogen-bond acceptors (Lipinski definition) is 4. The van der Waals surface area contributed by atoms with Gasteiger partial charge >= 0.3 is 11.9 Å². The molecule has 2 rings (SSSR count). The number of methoxy groups -OCH3 is 1. The fourth-order valence-electron chi connectivity index (χ4n) is 2.00. The summed E-state index contributed by atoms with van der Waals surface area (Å²) in [6, 6.07) is 13.7. The van der Waals surface area contributed by atoms with Gasteiger partial charge in [0.05, 0.1) is 18.2 Å². The number of aromatic carboxylic acids is 1. The number of carbonyl (C=O) groups is 2. The van der Waals surface area contributed by atoms with Gasteiger partial charge in [0, 0.05) is 12.2 Å². The van der Waals surface area contributed by atoms with Gasteiger partial charge in [-0.25, -0.2) is 9.59 Å². The summed E-state index contributed by atoms with van der Waals surface area (Å²) in [5.41, 5.74) is 1.89. The van der Waals surface area contributed by atoms with E-state index in [-0.39, 0.29) is 5.56 Å². The van der Waals surface area contributed by atoms with Crippen molar-refractivity contribution in [3.63, 3.8) is 0 Å². The van der Waals surface area contributed by atoms with Crippen molar-refractivity contribution in [2.45, 2.75) is 6.54 Å². The lowest BCUT2D eigenvalue weighted by atomic mass is 10.1. The Bertz CT molecular complexity index is 667. The number of benzene rings is 2. The number of rotatable bonds is 5. The number of ether oxygens (including phenoxy) is 1. The second-order valence-electron chi connectivity index (χ2n) is 4.35. The average Bonchev–Trinajstić information content (AvgIpc) is 2.52. The normalized spacial score (nSPS) is 9.95. The van der Waals surface area contributed by atoms with Crippen LogP contribution in [-0.4, -0.2) is 24.2 Å². The van der Waals surface area contributed by atoms with Crippen molar-refractivity contribution in [3.8, 4) is 0 Å². The highest BCUT2D eigenvalue weighted by Gasteiger charge is 2.12. The summed E-state index contributed by atoms with van der Waals surface area (Å²) in [5.74, 6) is -1.42. The second-order valence-corrected chi connectivity index (χ2v) is 4.35. The predicted molar refractivity (Wildman–Crippen MR) is 78.5 cm³/mol. The largest absolute Gasteiger partial charge is 0.478 e. The molecular formula is C16H15NO4. The van der Waals surface area contributed by atoms with Crippen molar-refractivity contribution in [3.05, 3.63) is 65.2 Å². The third kappa shape index (κ3) is 3.39. The van der Waals surface area contributed by atoms with E-state index in [0.29, 0.717) is 23.4 Å². The van der Waals surface area contributed by atoms with Crippen LogP contribution in [0.15, 0.2) is 48.5 Å². The first kappa shape index (κ1) is 14.6. The van der Waals surface area contributed by atoms with Gasteiger partial charge in [-0.2, -0.15) is 0 Å². The van der Waals surface area contributed by atoms with Crippen LogP contribution in [0.4, 0.5) is 5.69 Å². The molecule has 21 heavy (non-hydrogen) atoms. The first-order valence-corrected chi connectivity index (χ1v) is 6.36. The lowest BCUT2D eigenvalue weighted by molar-refractivity contribution is 0.0600. The monoisotopic (exact) mass is 285 g/mol. The van der Waals surface area contributed by atoms with Gasteiger partial charge in [-0.1, -0.05) is 30.3 Å². The van der Waals surface area contributed by atoms with E-state index in [1.807, 2.05) is 0 Å². The molecule has 0 spiro atoms. The van der Waals surface area contributed by atoms with E-state index in [4.69, 9.17) is 9.84 Å². The van der Waals surface area contributed by atoms with Crippen LogP contribution in [0.25, 0.3) is 0 Å². The first-order chi connectivity index (χ1) is 10.1. The van der Waals surface area contributed by atoms with Gasteiger partial charge in [0.1, 0.15) is 0 Å². The molecule has 0 heterocycles. The maximum Gasteiger partial charge on any atom is 0.339 e. The lowest BCUT2D eigenvalue weighted by Gasteiger charge is -2.12. The maximum absolute atomic E-state index is 11.7. The van der Waals surface area contributed by atoms with Gasteiger partial charge in [-0.15, -0.1) is 0 Å². The molecule has 0 fully saturated rings. The summed E-state index contributed by atoms with van der Waals surface area (Å²) in [6.45, 7) is 0.302. The Morgan fingerprint density at radius 1 is 1.05 bits per heavy atom. The molecule has 5 heteroatoms. The van der Waals surface area contributed by atoms with Crippen molar-refractivity contribution in [2.75, 3.05) is 12.4 Å². The fraction of sp³-hybridized carbons (Fsp3) is 0.125. The van der Waals surface area contributed by atoms with Gasteiger partial charge in [0.15, 0.2) is 0 Å². The molecule has 2 aromatic rings. The molecule has 0 amide bonds.